The van der Waals surface area contributed by atoms with E-state index in [1.54, 1.807) is 23.1 Å². The molecule has 1 atom stereocenters. The van der Waals surface area contributed by atoms with E-state index in [1.807, 2.05) is 31.2 Å². The molecule has 2 rings (SSSR count). The highest BCUT2D eigenvalue weighted by Gasteiger charge is 2.09. The van der Waals surface area contributed by atoms with Gasteiger partial charge in [0.25, 0.3) is 0 Å². The highest BCUT2D eigenvalue weighted by Crippen LogP contribution is 2.12. The zero-order valence-electron chi connectivity index (χ0n) is 16.6. The number of benzene rings is 1. The maximum absolute atomic E-state index is 12.1. The van der Waals surface area contributed by atoms with Crippen molar-refractivity contribution in [1.29, 1.82) is 0 Å². The van der Waals surface area contributed by atoms with Crippen LogP contribution in [0.5, 0.6) is 0 Å². The molecule has 1 aromatic carbocycles. The molecule has 0 saturated heterocycles. The third-order valence-corrected chi connectivity index (χ3v) is 4.20. The Labute approximate surface area is 161 Å². The lowest BCUT2D eigenvalue weighted by Gasteiger charge is -2.20. The molecule has 0 saturated carbocycles. The maximum atomic E-state index is 12.1. The van der Waals surface area contributed by atoms with Crippen LogP contribution in [0.2, 0.25) is 0 Å². The number of rotatable bonds is 8. The SMILES string of the molecule is CCNC(=NCc1cccc(NC(=O)Cn2cccn2)c1)NC(C)C(C)C. The first-order valence-corrected chi connectivity index (χ1v) is 9.39. The van der Waals surface area contributed by atoms with Crippen molar-refractivity contribution in [2.45, 2.75) is 46.8 Å². The molecule has 2 aromatic rings. The highest BCUT2D eigenvalue weighted by atomic mass is 16.2. The number of aliphatic imine (C=N–C) groups is 1. The molecule has 1 aromatic heterocycles. The van der Waals surface area contributed by atoms with Gasteiger partial charge in [0, 0.05) is 30.7 Å². The first-order chi connectivity index (χ1) is 13.0. The van der Waals surface area contributed by atoms with Crippen molar-refractivity contribution in [3.05, 3.63) is 48.3 Å². The monoisotopic (exact) mass is 370 g/mol. The number of hydrogen-bond donors (Lipinski definition) is 3. The third-order valence-electron chi connectivity index (χ3n) is 4.20. The van der Waals surface area contributed by atoms with Crippen molar-refractivity contribution in [3.8, 4) is 0 Å². The summed E-state index contributed by atoms with van der Waals surface area (Å²) in [7, 11) is 0. The third kappa shape index (κ3) is 7.13. The van der Waals surface area contributed by atoms with E-state index in [1.165, 1.54) is 0 Å². The van der Waals surface area contributed by atoms with Gasteiger partial charge >= 0.3 is 0 Å². The molecule has 7 heteroatoms. The van der Waals surface area contributed by atoms with Gasteiger partial charge in [-0.2, -0.15) is 5.10 Å². The van der Waals surface area contributed by atoms with Gasteiger partial charge < -0.3 is 16.0 Å². The van der Waals surface area contributed by atoms with Crippen molar-refractivity contribution in [1.82, 2.24) is 20.4 Å². The van der Waals surface area contributed by atoms with Gasteiger partial charge in [-0.3, -0.25) is 9.48 Å². The average Bonchev–Trinajstić information content (AvgIpc) is 3.12. The second-order valence-corrected chi connectivity index (χ2v) is 6.82. The van der Waals surface area contributed by atoms with Crippen LogP contribution in [0.1, 0.15) is 33.3 Å². The number of nitrogens with one attached hydrogen (secondary N) is 3. The van der Waals surface area contributed by atoms with Crippen molar-refractivity contribution in [3.63, 3.8) is 0 Å². The molecule has 3 N–H and O–H groups in total. The standard InChI is InChI=1S/C20H30N6O/c1-5-21-20(24-16(4)15(2)3)22-13-17-8-6-9-18(12-17)25-19(27)14-26-11-7-10-23-26/h6-12,15-16H,5,13-14H2,1-4H3,(H,25,27)(H2,21,22,24). The van der Waals surface area contributed by atoms with E-state index in [9.17, 15) is 4.79 Å². The van der Waals surface area contributed by atoms with Gasteiger partial charge in [-0.1, -0.05) is 26.0 Å². The van der Waals surface area contributed by atoms with Gasteiger partial charge in [0.2, 0.25) is 5.91 Å². The lowest BCUT2D eigenvalue weighted by molar-refractivity contribution is -0.116. The summed E-state index contributed by atoms with van der Waals surface area (Å²) in [6.07, 6.45) is 3.42. The summed E-state index contributed by atoms with van der Waals surface area (Å²) in [6.45, 7) is 10.1. The van der Waals surface area contributed by atoms with Crippen LogP contribution in [0.25, 0.3) is 0 Å². The second-order valence-electron chi connectivity index (χ2n) is 6.82. The van der Waals surface area contributed by atoms with Gasteiger partial charge in [-0.15, -0.1) is 0 Å². The molecular weight excluding hydrogens is 340 g/mol. The van der Waals surface area contributed by atoms with E-state index in [0.29, 0.717) is 18.5 Å². The van der Waals surface area contributed by atoms with E-state index >= 15 is 0 Å². The van der Waals surface area contributed by atoms with E-state index in [4.69, 9.17) is 0 Å². The lowest BCUT2D eigenvalue weighted by atomic mass is 10.1. The number of aromatic nitrogens is 2. The van der Waals surface area contributed by atoms with Gasteiger partial charge in [0.1, 0.15) is 6.54 Å². The molecule has 0 aliphatic carbocycles. The van der Waals surface area contributed by atoms with Crippen molar-refractivity contribution in [2.24, 2.45) is 10.9 Å². The molecule has 7 nitrogen and oxygen atoms in total. The molecule has 0 radical (unpaired) electrons. The van der Waals surface area contributed by atoms with Crippen LogP contribution in [0.4, 0.5) is 5.69 Å². The Kier molecular flexibility index (Phi) is 7.85. The fourth-order valence-electron chi connectivity index (χ4n) is 2.36. The number of nitrogens with zero attached hydrogens (tertiary/aromatic N) is 3. The number of hydrogen-bond acceptors (Lipinski definition) is 3. The maximum Gasteiger partial charge on any atom is 0.246 e. The quantitative estimate of drug-likeness (QED) is 0.493. The molecular formula is C20H30N6O. The fourth-order valence-corrected chi connectivity index (χ4v) is 2.36. The van der Waals surface area contributed by atoms with Crippen LogP contribution in [-0.4, -0.2) is 34.2 Å². The Balaban J connectivity index is 1.97. The molecule has 146 valence electrons. The van der Waals surface area contributed by atoms with Crippen LogP contribution in [0.3, 0.4) is 0 Å². The zero-order chi connectivity index (χ0) is 19.6. The Bertz CT molecular complexity index is 739. The van der Waals surface area contributed by atoms with Gasteiger partial charge in [-0.25, -0.2) is 4.99 Å². The van der Waals surface area contributed by atoms with Crippen LogP contribution in [-0.2, 0) is 17.9 Å². The van der Waals surface area contributed by atoms with E-state index in [-0.39, 0.29) is 12.5 Å². The lowest BCUT2D eigenvalue weighted by Crippen LogP contribution is -2.44. The average molecular weight is 371 g/mol. The first kappa shape index (κ1) is 20.5. The normalized spacial score (nSPS) is 12.7. The minimum Gasteiger partial charge on any atom is -0.357 e. The summed E-state index contributed by atoms with van der Waals surface area (Å²) < 4.78 is 1.59. The molecule has 0 fully saturated rings. The Hall–Kier alpha value is -2.83. The number of amides is 1. The zero-order valence-corrected chi connectivity index (χ0v) is 16.6. The summed E-state index contributed by atoms with van der Waals surface area (Å²) in [5, 5.41) is 13.6. The van der Waals surface area contributed by atoms with Crippen LogP contribution in [0, 0.1) is 5.92 Å². The molecule has 0 aliphatic rings. The van der Waals surface area contributed by atoms with Crippen molar-refractivity contribution in [2.75, 3.05) is 11.9 Å². The number of anilines is 1. The van der Waals surface area contributed by atoms with E-state index in [2.05, 4.69) is 46.8 Å². The van der Waals surface area contributed by atoms with Gasteiger partial charge in [0.05, 0.1) is 6.54 Å². The molecule has 1 heterocycles. The predicted octanol–water partition coefficient (Wildman–Crippen LogP) is 2.62. The minimum atomic E-state index is -0.111. The number of carbonyl (C=O) groups is 1. The van der Waals surface area contributed by atoms with E-state index in [0.717, 1.165) is 23.8 Å². The largest absolute Gasteiger partial charge is 0.357 e. The van der Waals surface area contributed by atoms with Crippen LogP contribution < -0.4 is 16.0 Å². The summed E-state index contributed by atoms with van der Waals surface area (Å²) in [4.78, 5) is 16.8. The van der Waals surface area contributed by atoms with Gasteiger partial charge in [-0.05, 0) is 43.5 Å². The van der Waals surface area contributed by atoms with Gasteiger partial charge in [0.15, 0.2) is 5.96 Å². The first-order valence-electron chi connectivity index (χ1n) is 9.39. The predicted molar refractivity (Wildman–Crippen MR) is 110 cm³/mol. The van der Waals surface area contributed by atoms with Crippen LogP contribution >= 0.6 is 0 Å². The van der Waals surface area contributed by atoms with Crippen molar-refractivity contribution >= 4 is 17.6 Å². The second kappa shape index (κ2) is 10.4. The topological polar surface area (TPSA) is 83.3 Å². The Morgan fingerprint density at radius 3 is 2.74 bits per heavy atom. The van der Waals surface area contributed by atoms with E-state index < -0.39 is 0 Å². The summed E-state index contributed by atoms with van der Waals surface area (Å²) in [6, 6.07) is 9.87. The number of carbonyl (C=O) groups excluding carboxylic acids is 1. The summed E-state index contributed by atoms with van der Waals surface area (Å²) >= 11 is 0. The number of guanidine groups is 1. The Morgan fingerprint density at radius 1 is 1.26 bits per heavy atom. The molecule has 0 bridgehead atoms. The molecule has 1 amide bonds. The minimum absolute atomic E-state index is 0.111. The molecule has 27 heavy (non-hydrogen) atoms. The fraction of sp³-hybridized carbons (Fsp3) is 0.450. The van der Waals surface area contributed by atoms with Crippen molar-refractivity contribution < 1.29 is 4.79 Å². The van der Waals surface area contributed by atoms with Crippen LogP contribution in [0.15, 0.2) is 47.7 Å². The summed E-state index contributed by atoms with van der Waals surface area (Å²) in [5.41, 5.74) is 1.79. The highest BCUT2D eigenvalue weighted by molar-refractivity contribution is 5.90. The Morgan fingerprint density at radius 2 is 2.07 bits per heavy atom. The molecule has 0 aliphatic heterocycles. The summed E-state index contributed by atoms with van der Waals surface area (Å²) in [5.74, 6) is 1.20. The molecule has 1 unspecified atom stereocenters. The molecule has 0 spiro atoms. The smallest absolute Gasteiger partial charge is 0.246 e.